The molecule has 4 aromatic carbocycles. The lowest BCUT2D eigenvalue weighted by atomic mass is 9.79. The smallest absolute Gasteiger partial charge is 0.469 e. The van der Waals surface area contributed by atoms with Crippen LogP contribution in [0.1, 0.15) is 45.9 Å². The average Bonchev–Trinajstić information content (AvgIpc) is 3.68. The molecule has 0 fully saturated rings. The van der Waals surface area contributed by atoms with Gasteiger partial charge in [-0.25, -0.2) is 25.6 Å². The largest absolute Gasteiger partial charge is 0.491 e. The number of primary amides is 1. The maximum absolute atomic E-state index is 14.5. The number of carbonyl (C=O) groups is 3. The molecule has 23 heteroatoms. The first-order valence-corrected chi connectivity index (χ1v) is 20.5. The molecule has 0 unspecified atom stereocenters. The van der Waals surface area contributed by atoms with Gasteiger partial charge >= 0.3 is 20.2 Å². The number of carbonyl (C=O) groups excluding carboxylic acids is 3. The normalized spacial score (nSPS) is 12.7. The minimum Gasteiger partial charge on any atom is -0.469 e. The Balaban J connectivity index is 0.000000388. The maximum atomic E-state index is 14.5. The van der Waals surface area contributed by atoms with Crippen LogP contribution in [0.5, 0.6) is 0 Å². The summed E-state index contributed by atoms with van der Waals surface area (Å²) in [7, 11) is -8.31. The standard InChI is InChI=1S/C20H20BFO7S.C16H16BFN2O5S.CH4O.H3N.H2O/c1-12(23)5-13-3-4-19(14(6-13)9-20(24)28-2)30(26,27)11-16-7-17-15(8-18(16)22)10-29-21(17)25;18-14-5-10-7-25-17(22)13(10)4-11(14)8-26(23,24)15-2-1-12(19)3-9(15)6-16(20)21;1-2;;/h3-4,6-8,25H,5,9-11H2,1-2H3;1-5,22H,6-8,19H2,(H2,20,21);2H,1H3;1H3;1H2. The number of esters is 1. The summed E-state index contributed by atoms with van der Waals surface area (Å²) in [5, 5.41) is 26.5. The summed E-state index contributed by atoms with van der Waals surface area (Å²) in [4.78, 5) is 34.1. The minimum absolute atomic E-state index is 0. The first kappa shape index (κ1) is 51.0. The van der Waals surface area contributed by atoms with Crippen LogP contribution in [0.3, 0.4) is 0 Å². The van der Waals surface area contributed by atoms with Gasteiger partial charge in [-0.3, -0.25) is 14.4 Å². The predicted molar refractivity (Wildman–Crippen MR) is 216 cm³/mol. The number of nitrogens with two attached hydrogens (primary N) is 2. The van der Waals surface area contributed by atoms with E-state index in [4.69, 9.17) is 25.9 Å². The van der Waals surface area contributed by atoms with E-state index in [2.05, 4.69) is 4.74 Å². The topological polar surface area (TPSA) is 326 Å². The molecule has 1 amide bonds. The number of hydrogen-bond donors (Lipinski definition) is 6. The van der Waals surface area contributed by atoms with Crippen molar-refractivity contribution in [1.82, 2.24) is 6.15 Å². The number of Topliss-reactive ketones (excluding diaryl/α,β-unsaturated/α-hetero) is 1. The summed E-state index contributed by atoms with van der Waals surface area (Å²) < 4.78 is 95.2. The van der Waals surface area contributed by atoms with Crippen molar-refractivity contribution in [2.24, 2.45) is 5.73 Å². The lowest BCUT2D eigenvalue weighted by molar-refractivity contribution is -0.139. The van der Waals surface area contributed by atoms with E-state index in [0.29, 0.717) is 27.6 Å². The number of sulfone groups is 2. The molecule has 2 aliphatic heterocycles. The van der Waals surface area contributed by atoms with Gasteiger partial charge in [0.25, 0.3) is 0 Å². The Hall–Kier alpha value is -5.10. The first-order valence-electron chi connectivity index (χ1n) is 17.2. The van der Waals surface area contributed by atoms with Gasteiger partial charge in [-0.1, -0.05) is 24.3 Å². The van der Waals surface area contributed by atoms with Crippen LogP contribution in [0.2, 0.25) is 0 Å². The zero-order chi connectivity index (χ0) is 43.1. The summed E-state index contributed by atoms with van der Waals surface area (Å²) in [5.41, 5.74) is 13.4. The van der Waals surface area contributed by atoms with Crippen molar-refractivity contribution >= 4 is 68.2 Å². The molecule has 0 aromatic heterocycles. The molecule has 0 saturated carbocycles. The molecule has 0 atom stereocenters. The molecule has 17 nitrogen and oxygen atoms in total. The summed E-state index contributed by atoms with van der Waals surface area (Å²) >= 11 is 0. The molecule has 2 aliphatic rings. The number of ketones is 1. The molecular weight excluding hydrogens is 834 g/mol. The number of ether oxygens (including phenoxy) is 1. The van der Waals surface area contributed by atoms with Gasteiger partial charge in [0.2, 0.25) is 5.91 Å². The van der Waals surface area contributed by atoms with E-state index in [9.17, 15) is 50.0 Å². The second-order valence-corrected chi connectivity index (χ2v) is 17.1. The van der Waals surface area contributed by atoms with Gasteiger partial charge in [0, 0.05) is 30.3 Å². The van der Waals surface area contributed by atoms with Crippen molar-refractivity contribution in [1.29, 1.82) is 0 Å². The van der Waals surface area contributed by atoms with Gasteiger partial charge in [0.1, 0.15) is 17.4 Å². The third-order valence-corrected chi connectivity index (χ3v) is 12.4. The molecule has 0 bridgehead atoms. The molecular formula is C37H45B2F2N3O14S2. The summed E-state index contributed by atoms with van der Waals surface area (Å²) in [6.07, 6.45) is -0.527. The fourth-order valence-electron chi connectivity index (χ4n) is 6.30. The van der Waals surface area contributed by atoms with Crippen molar-refractivity contribution < 1.29 is 74.7 Å². The number of hydrogen-bond acceptors (Lipinski definition) is 15. The summed E-state index contributed by atoms with van der Waals surface area (Å²) in [5.74, 6) is -4.22. The molecule has 0 spiro atoms. The van der Waals surface area contributed by atoms with Crippen molar-refractivity contribution in [2.75, 3.05) is 20.0 Å². The van der Waals surface area contributed by atoms with Crippen LogP contribution in [0.25, 0.3) is 0 Å². The van der Waals surface area contributed by atoms with Gasteiger partial charge in [-0.2, -0.15) is 0 Å². The molecule has 6 rings (SSSR count). The molecule has 0 radical (unpaired) electrons. The Kier molecular flexibility index (Phi) is 18.2. The van der Waals surface area contributed by atoms with Crippen LogP contribution in [0.4, 0.5) is 14.5 Å². The van der Waals surface area contributed by atoms with Crippen molar-refractivity contribution in [3.8, 4) is 0 Å². The number of anilines is 1. The van der Waals surface area contributed by atoms with E-state index >= 15 is 0 Å². The minimum atomic E-state index is -4.06. The quantitative estimate of drug-likeness (QED) is 0.0590. The summed E-state index contributed by atoms with van der Waals surface area (Å²) in [6.45, 7) is 1.50. The second kappa shape index (κ2) is 21.4. The second-order valence-electron chi connectivity index (χ2n) is 13.2. The fraction of sp³-hybridized carbons (Fsp3) is 0.270. The number of halogens is 2. The Morgan fingerprint density at radius 3 is 1.62 bits per heavy atom. The fourth-order valence-corrected chi connectivity index (χ4v) is 9.48. The zero-order valence-electron chi connectivity index (χ0n) is 32.7. The van der Waals surface area contributed by atoms with E-state index in [1.165, 1.54) is 62.6 Å². The van der Waals surface area contributed by atoms with Gasteiger partial charge in [-0.05, 0) is 82.1 Å². The number of benzene rings is 4. The maximum Gasteiger partial charge on any atom is 0.491 e. The SMILES string of the molecule is CO.COC(=O)Cc1cc(CC(C)=O)ccc1S(=O)(=O)Cc1cc2c(cc1F)COB2O.N.NC(=O)Cc1cc(N)ccc1S(=O)(=O)Cc1cc2c(cc1F)COB2O.O. The molecule has 0 saturated heterocycles. The highest BCUT2D eigenvalue weighted by molar-refractivity contribution is 7.91. The molecule has 2 heterocycles. The number of amides is 1. The number of aliphatic hydroxyl groups is 1. The Bertz CT molecular complexity index is 2460. The van der Waals surface area contributed by atoms with Crippen molar-refractivity contribution in [3.05, 3.63) is 111 Å². The molecule has 60 heavy (non-hydrogen) atoms. The van der Waals surface area contributed by atoms with E-state index in [1.54, 1.807) is 0 Å². The summed E-state index contributed by atoms with van der Waals surface area (Å²) in [6, 6.07) is 13.2. The van der Waals surface area contributed by atoms with Gasteiger partial charge in [-0.15, -0.1) is 0 Å². The van der Waals surface area contributed by atoms with E-state index in [0.717, 1.165) is 19.2 Å². The number of methoxy groups -OCH3 is 1. The van der Waals surface area contributed by atoms with Crippen molar-refractivity contribution in [2.45, 2.75) is 60.7 Å². The number of aliphatic hydroxyl groups excluding tert-OH is 1. The van der Waals surface area contributed by atoms with Gasteiger partial charge in [0.05, 0.1) is 54.5 Å². The average molecular weight is 880 g/mol. The molecule has 4 aromatic rings. The highest BCUT2D eigenvalue weighted by Crippen LogP contribution is 2.27. The first-order chi connectivity index (χ1) is 27.3. The number of rotatable bonds is 12. The number of nitrogen functional groups attached to an aromatic ring is 1. The predicted octanol–water partition coefficient (Wildman–Crippen LogP) is -0.563. The lowest BCUT2D eigenvalue weighted by Gasteiger charge is -2.13. The van der Waals surface area contributed by atoms with Crippen LogP contribution in [-0.2, 0) is 92.1 Å². The van der Waals surface area contributed by atoms with E-state index in [1.807, 2.05) is 0 Å². The van der Waals surface area contributed by atoms with E-state index < -0.39 is 68.9 Å². The van der Waals surface area contributed by atoms with Gasteiger partial charge in [0.15, 0.2) is 19.7 Å². The van der Waals surface area contributed by atoms with Crippen molar-refractivity contribution in [3.63, 3.8) is 0 Å². The molecule has 0 aliphatic carbocycles. The van der Waals surface area contributed by atoms with Crippen LogP contribution in [-0.4, -0.2) is 83.6 Å². The van der Waals surface area contributed by atoms with Gasteiger partial charge < -0.3 is 52.3 Å². The van der Waals surface area contributed by atoms with Crippen LogP contribution >= 0.6 is 0 Å². The third-order valence-electron chi connectivity index (χ3n) is 8.89. The Labute approximate surface area is 345 Å². The van der Waals surface area contributed by atoms with Crippen LogP contribution < -0.4 is 28.5 Å². The molecule has 324 valence electrons. The third kappa shape index (κ3) is 12.5. The zero-order valence-corrected chi connectivity index (χ0v) is 34.4. The highest BCUT2D eigenvalue weighted by Gasteiger charge is 2.32. The van der Waals surface area contributed by atoms with Crippen LogP contribution in [0, 0.1) is 11.6 Å². The van der Waals surface area contributed by atoms with Crippen LogP contribution in [0.15, 0.2) is 70.5 Å². The highest BCUT2D eigenvalue weighted by atomic mass is 32.2. The molecule has 12 N–H and O–H groups in total. The monoisotopic (exact) mass is 879 g/mol. The lowest BCUT2D eigenvalue weighted by Crippen LogP contribution is -2.29. The Morgan fingerprint density at radius 1 is 0.733 bits per heavy atom. The van der Waals surface area contributed by atoms with E-state index in [-0.39, 0.29) is 87.6 Å². The Morgan fingerprint density at radius 2 is 1.18 bits per heavy atom. The number of fused-ring (bicyclic) bond motifs is 2.